The second kappa shape index (κ2) is 15.1. The first-order valence-electron chi connectivity index (χ1n) is 14.6. The Balaban J connectivity index is 1.57. The number of carbonyl (C=O) groups excluding carboxylic acids is 2. The highest BCUT2D eigenvalue weighted by molar-refractivity contribution is 5.98. The third kappa shape index (κ3) is 8.28. The lowest BCUT2D eigenvalue weighted by atomic mass is 9.97. The maximum atomic E-state index is 12.4. The van der Waals surface area contributed by atoms with E-state index in [1.807, 2.05) is 18.2 Å². The number of carbonyl (C=O) groups is 2. The standard InChI is InChI=1S/C37H38O6/c1-4-5-6-7-8-9-27-10-12-28(13-11-27)29-14-16-30(17-15-29)31-18-19-34-32(20-31)21-33(42-36(40)25(2)23-38)22-35(34)43-37(41)26(3)24-39/h10-22,38-39H,2-9,23-24H2,1H3. The molecule has 0 bridgehead atoms. The van der Waals surface area contributed by atoms with Crippen LogP contribution in [0.1, 0.15) is 44.6 Å². The van der Waals surface area contributed by atoms with E-state index in [1.54, 1.807) is 6.07 Å². The first kappa shape index (κ1) is 31.4. The molecule has 4 aromatic rings. The van der Waals surface area contributed by atoms with Gasteiger partial charge in [-0.1, -0.05) is 106 Å². The summed E-state index contributed by atoms with van der Waals surface area (Å²) in [5.41, 5.74) is 5.32. The Kier molecular flexibility index (Phi) is 11.0. The average molecular weight is 579 g/mol. The van der Waals surface area contributed by atoms with Crippen molar-refractivity contribution >= 4 is 22.7 Å². The molecule has 0 radical (unpaired) electrons. The van der Waals surface area contributed by atoms with Gasteiger partial charge in [-0.15, -0.1) is 0 Å². The summed E-state index contributed by atoms with van der Waals surface area (Å²) in [6.07, 6.45) is 7.50. The number of esters is 2. The van der Waals surface area contributed by atoms with Crippen molar-refractivity contribution in [2.24, 2.45) is 0 Å². The minimum Gasteiger partial charge on any atom is -0.423 e. The van der Waals surface area contributed by atoms with Crippen LogP contribution < -0.4 is 9.47 Å². The molecule has 2 N–H and O–H groups in total. The average Bonchev–Trinajstić information content (AvgIpc) is 3.03. The normalized spacial score (nSPS) is 10.9. The maximum Gasteiger partial charge on any atom is 0.341 e. The molecule has 0 saturated carbocycles. The van der Waals surface area contributed by atoms with Crippen molar-refractivity contribution in [3.8, 4) is 33.8 Å². The van der Waals surface area contributed by atoms with Crippen LogP contribution >= 0.6 is 0 Å². The summed E-state index contributed by atoms with van der Waals surface area (Å²) in [5, 5.41) is 19.8. The highest BCUT2D eigenvalue weighted by Gasteiger charge is 2.16. The Bertz CT molecular complexity index is 1600. The summed E-state index contributed by atoms with van der Waals surface area (Å²) < 4.78 is 10.9. The largest absolute Gasteiger partial charge is 0.423 e. The minimum absolute atomic E-state index is 0.112. The second-order valence-corrected chi connectivity index (χ2v) is 10.6. The van der Waals surface area contributed by atoms with Gasteiger partial charge in [0.25, 0.3) is 0 Å². The Morgan fingerprint density at radius 3 is 1.79 bits per heavy atom. The van der Waals surface area contributed by atoms with Gasteiger partial charge in [-0.05, 0) is 58.2 Å². The van der Waals surface area contributed by atoms with E-state index in [9.17, 15) is 19.8 Å². The summed E-state index contributed by atoms with van der Waals surface area (Å²) >= 11 is 0. The van der Waals surface area contributed by atoms with Crippen LogP contribution in [0.2, 0.25) is 0 Å². The molecule has 6 heteroatoms. The number of benzene rings is 4. The summed E-state index contributed by atoms with van der Waals surface area (Å²) in [6, 6.07) is 25.8. The van der Waals surface area contributed by atoms with Gasteiger partial charge in [-0.3, -0.25) is 0 Å². The highest BCUT2D eigenvalue weighted by atomic mass is 16.5. The van der Waals surface area contributed by atoms with Crippen LogP contribution in [-0.4, -0.2) is 35.4 Å². The fourth-order valence-electron chi connectivity index (χ4n) is 4.76. The van der Waals surface area contributed by atoms with Crippen LogP contribution in [0, 0.1) is 0 Å². The summed E-state index contributed by atoms with van der Waals surface area (Å²) in [6.45, 7) is 8.14. The molecule has 0 aliphatic rings. The summed E-state index contributed by atoms with van der Waals surface area (Å²) in [7, 11) is 0. The van der Waals surface area contributed by atoms with Gasteiger partial charge in [-0.25, -0.2) is 9.59 Å². The smallest absolute Gasteiger partial charge is 0.341 e. The molecule has 222 valence electrons. The number of aliphatic hydroxyl groups is 2. The van der Waals surface area contributed by atoms with E-state index in [2.05, 4.69) is 68.6 Å². The van der Waals surface area contributed by atoms with Crippen LogP contribution in [-0.2, 0) is 16.0 Å². The van der Waals surface area contributed by atoms with E-state index in [0.717, 1.165) is 28.7 Å². The third-order valence-corrected chi connectivity index (χ3v) is 7.33. The number of fused-ring (bicyclic) bond motifs is 1. The molecule has 0 unspecified atom stereocenters. The molecule has 0 spiro atoms. The lowest BCUT2D eigenvalue weighted by Gasteiger charge is -2.13. The molecule has 43 heavy (non-hydrogen) atoms. The Hall–Kier alpha value is -4.52. The third-order valence-electron chi connectivity index (χ3n) is 7.33. The van der Waals surface area contributed by atoms with Gasteiger partial charge in [0.1, 0.15) is 11.5 Å². The molecular formula is C37H38O6. The van der Waals surface area contributed by atoms with Gasteiger partial charge in [-0.2, -0.15) is 0 Å². The maximum absolute atomic E-state index is 12.4. The van der Waals surface area contributed by atoms with Crippen molar-refractivity contribution in [1.29, 1.82) is 0 Å². The number of unbranched alkanes of at least 4 members (excludes halogenated alkanes) is 4. The molecule has 6 nitrogen and oxygen atoms in total. The van der Waals surface area contributed by atoms with Crippen LogP contribution in [0.15, 0.2) is 103 Å². The SMILES string of the molecule is C=C(CO)C(=O)Oc1cc(OC(=O)C(=C)CO)c2ccc(-c3ccc(-c4ccc(CCCCCCC)cc4)cc3)cc2c1. The Labute approximate surface area is 252 Å². The van der Waals surface area contributed by atoms with Gasteiger partial charge in [0, 0.05) is 11.5 Å². The molecule has 4 aromatic carbocycles. The van der Waals surface area contributed by atoms with Crippen LogP contribution in [0.5, 0.6) is 11.5 Å². The van der Waals surface area contributed by atoms with Crippen LogP contribution in [0.3, 0.4) is 0 Å². The fourth-order valence-corrected chi connectivity index (χ4v) is 4.76. The highest BCUT2D eigenvalue weighted by Crippen LogP contribution is 2.35. The van der Waals surface area contributed by atoms with Gasteiger partial charge >= 0.3 is 11.9 Å². The van der Waals surface area contributed by atoms with Gasteiger partial charge in [0.15, 0.2) is 0 Å². The van der Waals surface area contributed by atoms with E-state index in [4.69, 9.17) is 9.47 Å². The first-order valence-corrected chi connectivity index (χ1v) is 14.6. The van der Waals surface area contributed by atoms with Crippen LogP contribution in [0.25, 0.3) is 33.0 Å². The Morgan fingerprint density at radius 2 is 1.19 bits per heavy atom. The van der Waals surface area contributed by atoms with Crippen LogP contribution in [0.4, 0.5) is 0 Å². The van der Waals surface area contributed by atoms with Gasteiger partial charge in [0.2, 0.25) is 0 Å². The molecule has 0 aliphatic heterocycles. The van der Waals surface area contributed by atoms with E-state index >= 15 is 0 Å². The number of rotatable bonds is 14. The molecule has 0 saturated heterocycles. The molecule has 0 fully saturated rings. The minimum atomic E-state index is -0.800. The zero-order valence-electron chi connectivity index (χ0n) is 24.6. The number of aryl methyl sites for hydroxylation is 1. The molecule has 0 heterocycles. The molecule has 0 aliphatic carbocycles. The molecular weight excluding hydrogens is 540 g/mol. The van der Waals surface area contributed by atoms with E-state index < -0.39 is 25.2 Å². The van der Waals surface area contributed by atoms with E-state index in [-0.39, 0.29) is 22.6 Å². The predicted octanol–water partition coefficient (Wildman–Crippen LogP) is 7.59. The van der Waals surface area contributed by atoms with Crippen molar-refractivity contribution in [2.45, 2.75) is 45.4 Å². The predicted molar refractivity (Wildman–Crippen MR) is 171 cm³/mol. The zero-order chi connectivity index (χ0) is 30.8. The lowest BCUT2D eigenvalue weighted by molar-refractivity contribution is -0.131. The Morgan fingerprint density at radius 1 is 0.651 bits per heavy atom. The number of hydrogen-bond donors (Lipinski definition) is 2. The second-order valence-electron chi connectivity index (χ2n) is 10.6. The molecule has 0 atom stereocenters. The van der Waals surface area contributed by atoms with Crippen molar-refractivity contribution in [3.63, 3.8) is 0 Å². The monoisotopic (exact) mass is 578 g/mol. The fraction of sp³-hybridized carbons (Fsp3) is 0.243. The van der Waals surface area contributed by atoms with Crippen molar-refractivity contribution in [1.82, 2.24) is 0 Å². The number of hydrogen-bond acceptors (Lipinski definition) is 6. The topological polar surface area (TPSA) is 93.1 Å². The van der Waals surface area contributed by atoms with Crippen molar-refractivity contribution in [2.75, 3.05) is 13.2 Å². The van der Waals surface area contributed by atoms with Gasteiger partial charge < -0.3 is 19.7 Å². The lowest BCUT2D eigenvalue weighted by Crippen LogP contribution is -2.14. The summed E-state index contributed by atoms with van der Waals surface area (Å²) in [4.78, 5) is 24.6. The molecule has 4 rings (SSSR count). The zero-order valence-corrected chi connectivity index (χ0v) is 24.6. The van der Waals surface area contributed by atoms with Crippen molar-refractivity contribution < 1.29 is 29.3 Å². The van der Waals surface area contributed by atoms with Crippen molar-refractivity contribution in [3.05, 3.63) is 109 Å². The molecule has 0 aromatic heterocycles. The first-order chi connectivity index (χ1) is 20.8. The van der Waals surface area contributed by atoms with Gasteiger partial charge in [0.05, 0.1) is 24.4 Å². The summed E-state index contributed by atoms with van der Waals surface area (Å²) in [5.74, 6) is -1.35. The number of ether oxygens (including phenoxy) is 2. The quantitative estimate of drug-likeness (QED) is 0.0693. The number of aliphatic hydroxyl groups excluding tert-OH is 2. The van der Waals surface area contributed by atoms with E-state index in [1.165, 1.54) is 43.7 Å². The van der Waals surface area contributed by atoms with E-state index in [0.29, 0.717) is 10.8 Å². The molecule has 0 amide bonds.